The summed E-state index contributed by atoms with van der Waals surface area (Å²) >= 11 is 6.11. The van der Waals surface area contributed by atoms with Crippen LogP contribution in [0, 0.1) is 5.92 Å². The first-order valence-corrected chi connectivity index (χ1v) is 7.34. The summed E-state index contributed by atoms with van der Waals surface area (Å²) in [4.78, 5) is 16.2. The van der Waals surface area contributed by atoms with Gasteiger partial charge in [0.05, 0.1) is 17.2 Å². The van der Waals surface area contributed by atoms with Crippen LogP contribution in [0.2, 0.25) is 5.02 Å². The van der Waals surface area contributed by atoms with Gasteiger partial charge in [0.15, 0.2) is 0 Å². The summed E-state index contributed by atoms with van der Waals surface area (Å²) in [7, 11) is 0. The number of halogens is 1. The molecule has 2 rings (SSSR count). The van der Waals surface area contributed by atoms with Gasteiger partial charge in [-0.2, -0.15) is 0 Å². The summed E-state index contributed by atoms with van der Waals surface area (Å²) in [5, 5.41) is 6.47. The first-order chi connectivity index (χ1) is 9.70. The van der Waals surface area contributed by atoms with Crippen molar-refractivity contribution in [3.8, 4) is 0 Å². The van der Waals surface area contributed by atoms with Crippen LogP contribution in [0.25, 0.3) is 0 Å². The third-order valence-corrected chi connectivity index (χ3v) is 3.51. The average Bonchev–Trinajstić information content (AvgIpc) is 2.96. The minimum atomic E-state index is -0.145. The lowest BCUT2D eigenvalue weighted by molar-refractivity contribution is 0.0944. The molecule has 0 bridgehead atoms. The Morgan fingerprint density at radius 1 is 1.60 bits per heavy atom. The van der Waals surface area contributed by atoms with Gasteiger partial charge < -0.3 is 15.4 Å². The Labute approximate surface area is 124 Å². The second kappa shape index (κ2) is 7.45. The summed E-state index contributed by atoms with van der Waals surface area (Å²) in [5.74, 6) is 0.885. The van der Waals surface area contributed by atoms with Gasteiger partial charge in [-0.05, 0) is 18.9 Å². The molecule has 2 heterocycles. The van der Waals surface area contributed by atoms with Gasteiger partial charge in [0.25, 0.3) is 5.91 Å². The Morgan fingerprint density at radius 2 is 2.45 bits per heavy atom. The Bertz CT molecular complexity index is 462. The minimum Gasteiger partial charge on any atom is -0.381 e. The fourth-order valence-corrected chi connectivity index (χ4v) is 2.25. The number of carbonyl (C=O) groups is 1. The van der Waals surface area contributed by atoms with Gasteiger partial charge in [0, 0.05) is 31.8 Å². The number of rotatable bonds is 6. The Morgan fingerprint density at radius 3 is 3.10 bits per heavy atom. The van der Waals surface area contributed by atoms with E-state index in [9.17, 15) is 4.79 Å². The third-order valence-electron chi connectivity index (χ3n) is 3.22. The van der Waals surface area contributed by atoms with Crippen LogP contribution < -0.4 is 10.6 Å². The highest BCUT2D eigenvalue weighted by molar-refractivity contribution is 6.33. The number of hydrogen-bond acceptors (Lipinski definition) is 4. The van der Waals surface area contributed by atoms with E-state index >= 15 is 0 Å². The second-order valence-corrected chi connectivity index (χ2v) is 5.33. The molecular formula is C14H20ClN3O2. The molecule has 1 fully saturated rings. The first-order valence-electron chi connectivity index (χ1n) is 6.96. The highest BCUT2D eigenvalue weighted by atomic mass is 35.5. The van der Waals surface area contributed by atoms with E-state index in [4.69, 9.17) is 16.3 Å². The molecule has 1 saturated heterocycles. The molecule has 6 heteroatoms. The van der Waals surface area contributed by atoms with Gasteiger partial charge in [-0.1, -0.05) is 18.5 Å². The van der Waals surface area contributed by atoms with Crippen LogP contribution in [-0.2, 0) is 4.74 Å². The zero-order valence-electron chi connectivity index (χ0n) is 11.6. The minimum absolute atomic E-state index is 0.145. The molecular weight excluding hydrogens is 278 g/mol. The highest BCUT2D eigenvalue weighted by Gasteiger charge is 2.17. The normalized spacial score (nSPS) is 18.0. The quantitative estimate of drug-likeness (QED) is 0.846. The molecule has 1 atom stereocenters. The molecule has 0 aliphatic carbocycles. The van der Waals surface area contributed by atoms with Gasteiger partial charge >= 0.3 is 0 Å². The second-order valence-electron chi connectivity index (χ2n) is 4.92. The molecule has 110 valence electrons. The SMILES string of the molecule is CCCNc1ncc(C(=O)NCC2CCOC2)cc1Cl. The lowest BCUT2D eigenvalue weighted by atomic mass is 10.1. The van der Waals surface area contributed by atoms with Gasteiger partial charge in [-0.25, -0.2) is 4.98 Å². The number of nitrogens with zero attached hydrogens (tertiary/aromatic N) is 1. The van der Waals surface area contributed by atoms with Crippen molar-refractivity contribution in [1.82, 2.24) is 10.3 Å². The van der Waals surface area contributed by atoms with Crippen molar-refractivity contribution in [3.05, 3.63) is 22.8 Å². The lowest BCUT2D eigenvalue weighted by Gasteiger charge is -2.11. The lowest BCUT2D eigenvalue weighted by Crippen LogP contribution is -2.29. The predicted octanol–water partition coefficient (Wildman–Crippen LogP) is 2.32. The summed E-state index contributed by atoms with van der Waals surface area (Å²) in [6.07, 6.45) is 3.53. The van der Waals surface area contributed by atoms with Crippen molar-refractivity contribution in [1.29, 1.82) is 0 Å². The number of carbonyl (C=O) groups excluding carboxylic acids is 1. The first kappa shape index (κ1) is 15.1. The average molecular weight is 298 g/mol. The Hall–Kier alpha value is -1.33. The van der Waals surface area contributed by atoms with Crippen LogP contribution in [-0.4, -0.2) is 37.2 Å². The van der Waals surface area contributed by atoms with Crippen molar-refractivity contribution in [3.63, 3.8) is 0 Å². The number of amides is 1. The number of ether oxygens (including phenoxy) is 1. The molecule has 0 spiro atoms. The molecule has 1 unspecified atom stereocenters. The van der Waals surface area contributed by atoms with Crippen molar-refractivity contribution < 1.29 is 9.53 Å². The fraction of sp³-hybridized carbons (Fsp3) is 0.571. The maximum atomic E-state index is 12.0. The molecule has 2 N–H and O–H groups in total. The molecule has 0 aromatic carbocycles. The van der Waals surface area contributed by atoms with E-state index in [-0.39, 0.29) is 5.91 Å². The molecule has 20 heavy (non-hydrogen) atoms. The fourth-order valence-electron chi connectivity index (χ4n) is 2.02. The maximum absolute atomic E-state index is 12.0. The molecule has 5 nitrogen and oxygen atoms in total. The molecule has 0 saturated carbocycles. The monoisotopic (exact) mass is 297 g/mol. The van der Waals surface area contributed by atoms with Crippen LogP contribution >= 0.6 is 11.6 Å². The number of anilines is 1. The Balaban J connectivity index is 1.90. The zero-order chi connectivity index (χ0) is 14.4. The molecule has 0 radical (unpaired) electrons. The number of pyridine rings is 1. The van der Waals surface area contributed by atoms with E-state index < -0.39 is 0 Å². The molecule has 1 aromatic rings. The zero-order valence-corrected chi connectivity index (χ0v) is 12.4. The van der Waals surface area contributed by atoms with E-state index in [1.807, 2.05) is 0 Å². The number of nitrogens with one attached hydrogen (secondary N) is 2. The van der Waals surface area contributed by atoms with Crippen LogP contribution in [0.1, 0.15) is 30.1 Å². The van der Waals surface area contributed by atoms with Gasteiger partial charge in [-0.15, -0.1) is 0 Å². The van der Waals surface area contributed by atoms with Crippen LogP contribution in [0.4, 0.5) is 5.82 Å². The standard InChI is InChI=1S/C14H20ClN3O2/c1-2-4-16-13-12(15)6-11(8-17-13)14(19)18-7-10-3-5-20-9-10/h6,8,10H,2-5,7,9H2,1H3,(H,16,17)(H,18,19). The smallest absolute Gasteiger partial charge is 0.252 e. The molecule has 1 aliphatic rings. The number of hydrogen-bond donors (Lipinski definition) is 2. The number of aromatic nitrogens is 1. The molecule has 1 aromatic heterocycles. The van der Waals surface area contributed by atoms with Gasteiger partial charge in [0.2, 0.25) is 0 Å². The highest BCUT2D eigenvalue weighted by Crippen LogP contribution is 2.20. The molecule has 1 amide bonds. The van der Waals surface area contributed by atoms with Crippen LogP contribution in [0.3, 0.4) is 0 Å². The topological polar surface area (TPSA) is 63.2 Å². The van der Waals surface area contributed by atoms with Crippen LogP contribution in [0.5, 0.6) is 0 Å². The van der Waals surface area contributed by atoms with Gasteiger partial charge in [0.1, 0.15) is 5.82 Å². The Kier molecular flexibility index (Phi) is 5.61. The van der Waals surface area contributed by atoms with Crippen molar-refractivity contribution >= 4 is 23.3 Å². The summed E-state index contributed by atoms with van der Waals surface area (Å²) in [6.45, 7) is 5.01. The van der Waals surface area contributed by atoms with Crippen molar-refractivity contribution in [2.45, 2.75) is 19.8 Å². The van der Waals surface area contributed by atoms with E-state index in [0.717, 1.165) is 32.6 Å². The largest absolute Gasteiger partial charge is 0.381 e. The van der Waals surface area contributed by atoms with E-state index in [1.54, 1.807) is 12.3 Å². The maximum Gasteiger partial charge on any atom is 0.252 e. The van der Waals surface area contributed by atoms with E-state index in [1.165, 1.54) is 0 Å². The van der Waals surface area contributed by atoms with Crippen molar-refractivity contribution in [2.75, 3.05) is 31.6 Å². The predicted molar refractivity (Wildman–Crippen MR) is 79.3 cm³/mol. The third kappa shape index (κ3) is 4.08. The summed E-state index contributed by atoms with van der Waals surface area (Å²) < 4.78 is 5.27. The van der Waals surface area contributed by atoms with Gasteiger partial charge in [-0.3, -0.25) is 4.79 Å². The van der Waals surface area contributed by atoms with E-state index in [2.05, 4.69) is 22.5 Å². The van der Waals surface area contributed by atoms with Crippen molar-refractivity contribution in [2.24, 2.45) is 5.92 Å². The molecule has 1 aliphatic heterocycles. The van der Waals surface area contributed by atoms with Crippen LogP contribution in [0.15, 0.2) is 12.3 Å². The van der Waals surface area contributed by atoms with E-state index in [0.29, 0.717) is 28.9 Å². The summed E-state index contributed by atoms with van der Waals surface area (Å²) in [6, 6.07) is 1.65. The summed E-state index contributed by atoms with van der Waals surface area (Å²) in [5.41, 5.74) is 0.482.